The van der Waals surface area contributed by atoms with Gasteiger partial charge in [0.15, 0.2) is 0 Å². The summed E-state index contributed by atoms with van der Waals surface area (Å²) < 4.78 is 4.82. The van der Waals surface area contributed by atoms with Crippen LogP contribution in [0.25, 0.3) is 0 Å². The summed E-state index contributed by atoms with van der Waals surface area (Å²) in [6, 6.07) is 3.14. The quantitative estimate of drug-likeness (QED) is 0.806. The summed E-state index contributed by atoms with van der Waals surface area (Å²) in [5, 5.41) is 8.53. The molecule has 5 heteroatoms. The Kier molecular flexibility index (Phi) is 5.03. The third-order valence-corrected chi connectivity index (χ3v) is 1.36. The predicted molar refractivity (Wildman–Crippen MR) is 49.2 cm³/mol. The van der Waals surface area contributed by atoms with Gasteiger partial charge in [-0.15, -0.1) is 12.4 Å². The molecule has 0 spiro atoms. The van der Waals surface area contributed by atoms with E-state index in [1.165, 1.54) is 12.3 Å². The normalized spacial score (nSPS) is 9.00. The summed E-state index contributed by atoms with van der Waals surface area (Å²) in [4.78, 5) is 14.3. The molecule has 0 unspecified atom stereocenters. The molecule has 0 aliphatic heterocycles. The number of methoxy groups -OCH3 is 1. The summed E-state index contributed by atoms with van der Waals surface area (Å²) in [6.07, 6.45) is 1.32. The Bertz CT molecular complexity index is 273. The lowest BCUT2D eigenvalue weighted by Gasteiger charge is -1.98. The zero-order valence-electron chi connectivity index (χ0n) is 7.06. The highest BCUT2D eigenvalue weighted by molar-refractivity contribution is 5.87. The SMILES string of the molecule is COCc1ccc(C(=O)O)cn1.Cl. The lowest BCUT2D eigenvalue weighted by molar-refractivity contribution is 0.0696. The summed E-state index contributed by atoms with van der Waals surface area (Å²) in [5.41, 5.74) is 0.914. The number of aromatic nitrogens is 1. The maximum atomic E-state index is 10.4. The summed E-state index contributed by atoms with van der Waals surface area (Å²) in [5.74, 6) is -0.966. The Morgan fingerprint density at radius 3 is 2.69 bits per heavy atom. The second-order valence-electron chi connectivity index (χ2n) is 2.28. The molecule has 0 saturated carbocycles. The van der Waals surface area contributed by atoms with Crippen LogP contribution < -0.4 is 0 Å². The van der Waals surface area contributed by atoms with Gasteiger partial charge < -0.3 is 9.84 Å². The molecule has 4 nitrogen and oxygen atoms in total. The molecule has 13 heavy (non-hydrogen) atoms. The minimum atomic E-state index is -0.966. The third kappa shape index (κ3) is 3.40. The van der Waals surface area contributed by atoms with Crippen molar-refractivity contribution in [2.24, 2.45) is 0 Å². The monoisotopic (exact) mass is 203 g/mol. The number of halogens is 1. The van der Waals surface area contributed by atoms with Crippen molar-refractivity contribution in [1.82, 2.24) is 4.98 Å². The molecule has 0 bridgehead atoms. The Morgan fingerprint density at radius 1 is 1.62 bits per heavy atom. The van der Waals surface area contributed by atoms with Crippen LogP contribution in [0, 0.1) is 0 Å². The topological polar surface area (TPSA) is 59.4 Å². The molecule has 1 heterocycles. The number of nitrogens with zero attached hydrogens (tertiary/aromatic N) is 1. The maximum Gasteiger partial charge on any atom is 0.337 e. The van der Waals surface area contributed by atoms with Crippen molar-refractivity contribution >= 4 is 18.4 Å². The van der Waals surface area contributed by atoms with E-state index in [4.69, 9.17) is 9.84 Å². The van der Waals surface area contributed by atoms with Gasteiger partial charge in [-0.25, -0.2) is 4.79 Å². The molecule has 1 aromatic heterocycles. The summed E-state index contributed by atoms with van der Waals surface area (Å²) in [7, 11) is 1.56. The van der Waals surface area contributed by atoms with Gasteiger partial charge in [0, 0.05) is 13.3 Å². The lowest BCUT2D eigenvalue weighted by Crippen LogP contribution is -1.99. The second kappa shape index (κ2) is 5.50. The van der Waals surface area contributed by atoms with Crippen LogP contribution in [0.3, 0.4) is 0 Å². The molecule has 1 N–H and O–H groups in total. The van der Waals surface area contributed by atoms with E-state index in [-0.39, 0.29) is 18.0 Å². The molecule has 0 aliphatic rings. The first-order valence-corrected chi connectivity index (χ1v) is 3.41. The van der Waals surface area contributed by atoms with Crippen LogP contribution in [0.2, 0.25) is 0 Å². The van der Waals surface area contributed by atoms with Crippen LogP contribution in [-0.2, 0) is 11.3 Å². The van der Waals surface area contributed by atoms with Crippen molar-refractivity contribution in [3.8, 4) is 0 Å². The smallest absolute Gasteiger partial charge is 0.337 e. The minimum Gasteiger partial charge on any atom is -0.478 e. The number of hydrogen-bond acceptors (Lipinski definition) is 3. The standard InChI is InChI=1S/C8H9NO3.ClH/c1-12-5-7-3-2-6(4-9-7)8(10)11;/h2-4H,5H2,1H3,(H,10,11);1H. The lowest BCUT2D eigenvalue weighted by atomic mass is 10.2. The van der Waals surface area contributed by atoms with Crippen LogP contribution in [-0.4, -0.2) is 23.2 Å². The average molecular weight is 204 g/mol. The zero-order chi connectivity index (χ0) is 8.97. The van der Waals surface area contributed by atoms with Crippen LogP contribution in [0.15, 0.2) is 18.3 Å². The Balaban J connectivity index is 0.00000144. The van der Waals surface area contributed by atoms with Crippen LogP contribution >= 0.6 is 12.4 Å². The third-order valence-electron chi connectivity index (χ3n) is 1.36. The van der Waals surface area contributed by atoms with Gasteiger partial charge in [0.2, 0.25) is 0 Å². The van der Waals surface area contributed by atoms with Gasteiger partial charge in [-0.05, 0) is 12.1 Å². The van der Waals surface area contributed by atoms with Gasteiger partial charge in [0.05, 0.1) is 17.9 Å². The van der Waals surface area contributed by atoms with Crippen molar-refractivity contribution in [1.29, 1.82) is 0 Å². The number of carboxylic acid groups (broad SMARTS) is 1. The van der Waals surface area contributed by atoms with Crippen LogP contribution in [0.1, 0.15) is 16.1 Å². The van der Waals surface area contributed by atoms with E-state index in [9.17, 15) is 4.79 Å². The predicted octanol–water partition coefficient (Wildman–Crippen LogP) is 1.35. The highest BCUT2D eigenvalue weighted by Crippen LogP contribution is 2.00. The molecule has 1 rings (SSSR count). The average Bonchev–Trinajstić information content (AvgIpc) is 2.06. The molecule has 0 saturated heterocycles. The van der Waals surface area contributed by atoms with E-state index in [1.807, 2.05) is 0 Å². The number of pyridine rings is 1. The number of carboxylic acids is 1. The molecule has 0 amide bonds. The maximum absolute atomic E-state index is 10.4. The molecular formula is C8H10ClNO3. The van der Waals surface area contributed by atoms with Gasteiger partial charge in [0.25, 0.3) is 0 Å². The van der Waals surface area contributed by atoms with Crippen LogP contribution in [0.5, 0.6) is 0 Å². The first-order valence-electron chi connectivity index (χ1n) is 3.41. The molecule has 0 aliphatic carbocycles. The number of rotatable bonds is 3. The molecule has 72 valence electrons. The van der Waals surface area contributed by atoms with Crippen molar-refractivity contribution in [2.45, 2.75) is 6.61 Å². The highest BCUT2D eigenvalue weighted by Gasteiger charge is 2.01. The van der Waals surface area contributed by atoms with E-state index < -0.39 is 5.97 Å². The van der Waals surface area contributed by atoms with Crippen molar-refractivity contribution in [2.75, 3.05) is 7.11 Å². The summed E-state index contributed by atoms with van der Waals surface area (Å²) in [6.45, 7) is 0.403. The van der Waals surface area contributed by atoms with Crippen molar-refractivity contribution < 1.29 is 14.6 Å². The van der Waals surface area contributed by atoms with Gasteiger partial charge in [-0.1, -0.05) is 0 Å². The fourth-order valence-electron chi connectivity index (χ4n) is 0.784. The van der Waals surface area contributed by atoms with E-state index in [1.54, 1.807) is 13.2 Å². The second-order valence-corrected chi connectivity index (χ2v) is 2.28. The minimum absolute atomic E-state index is 0. The molecular weight excluding hydrogens is 194 g/mol. The van der Waals surface area contributed by atoms with E-state index in [0.717, 1.165) is 5.69 Å². The molecule has 1 aromatic rings. The van der Waals surface area contributed by atoms with E-state index in [2.05, 4.69) is 4.98 Å². The Hall–Kier alpha value is -1.13. The van der Waals surface area contributed by atoms with E-state index >= 15 is 0 Å². The van der Waals surface area contributed by atoms with Gasteiger partial charge >= 0.3 is 5.97 Å². The number of carbonyl (C=O) groups is 1. The number of ether oxygens (including phenoxy) is 1. The fourth-order valence-corrected chi connectivity index (χ4v) is 0.784. The zero-order valence-corrected chi connectivity index (χ0v) is 7.87. The molecule has 0 aromatic carbocycles. The molecule has 0 radical (unpaired) electrons. The Labute approximate surface area is 82.0 Å². The molecule has 0 fully saturated rings. The highest BCUT2D eigenvalue weighted by atomic mass is 35.5. The van der Waals surface area contributed by atoms with Gasteiger partial charge in [0.1, 0.15) is 0 Å². The Morgan fingerprint density at radius 2 is 2.31 bits per heavy atom. The first kappa shape index (κ1) is 11.9. The number of aromatic carboxylic acids is 1. The fraction of sp³-hybridized carbons (Fsp3) is 0.250. The number of hydrogen-bond donors (Lipinski definition) is 1. The first-order chi connectivity index (χ1) is 5.74. The van der Waals surface area contributed by atoms with Gasteiger partial charge in [-0.3, -0.25) is 4.98 Å². The van der Waals surface area contributed by atoms with E-state index in [0.29, 0.717) is 6.61 Å². The summed E-state index contributed by atoms with van der Waals surface area (Å²) >= 11 is 0. The van der Waals surface area contributed by atoms with Gasteiger partial charge in [-0.2, -0.15) is 0 Å². The van der Waals surface area contributed by atoms with Crippen molar-refractivity contribution in [3.63, 3.8) is 0 Å². The van der Waals surface area contributed by atoms with Crippen molar-refractivity contribution in [3.05, 3.63) is 29.6 Å². The molecule has 0 atom stereocenters. The largest absolute Gasteiger partial charge is 0.478 e. The van der Waals surface area contributed by atoms with Crippen LogP contribution in [0.4, 0.5) is 0 Å².